The van der Waals surface area contributed by atoms with Crippen LogP contribution >= 0.6 is 0 Å². The molecule has 42 nitrogen and oxygen atoms in total. The predicted molar refractivity (Wildman–Crippen MR) is 346 cm³/mol. The molecule has 1 unspecified atom stereocenters. The van der Waals surface area contributed by atoms with Crippen molar-refractivity contribution in [1.29, 1.82) is 0 Å². The molecule has 0 aliphatic carbocycles. The lowest BCUT2D eigenvalue weighted by Crippen LogP contribution is -2.54. The Kier molecular flexibility index (Phi) is 51.1. The van der Waals surface area contributed by atoms with Crippen molar-refractivity contribution in [2.75, 3.05) is 213 Å². The van der Waals surface area contributed by atoms with Gasteiger partial charge in [0.05, 0.1) is 150 Å². The lowest BCUT2D eigenvalue weighted by atomic mass is 10.0. The second kappa shape index (κ2) is 53.7. The Balaban J connectivity index is 5.87. The van der Waals surface area contributed by atoms with E-state index in [1.54, 1.807) is 7.05 Å². The summed E-state index contributed by atoms with van der Waals surface area (Å²) in [6.45, 7) is -8.51. The van der Waals surface area contributed by atoms with Crippen molar-refractivity contribution in [2.45, 2.75) is 123 Å². The van der Waals surface area contributed by atoms with Crippen molar-refractivity contribution in [3.8, 4) is 0 Å². The average molecular weight is 1480 g/mol. The van der Waals surface area contributed by atoms with Crippen molar-refractivity contribution in [1.82, 2.24) is 44.9 Å². The highest BCUT2D eigenvalue weighted by Gasteiger charge is 2.39. The Morgan fingerprint density at radius 2 is 0.713 bits per heavy atom. The number of hydrogen-bond donors (Lipinski definition) is 22. The van der Waals surface area contributed by atoms with Crippen LogP contribution in [0.3, 0.4) is 0 Å². The van der Waals surface area contributed by atoms with Crippen molar-refractivity contribution >= 4 is 41.5 Å². The number of aliphatic hydroxyl groups is 20. The summed E-state index contributed by atoms with van der Waals surface area (Å²) in [5.41, 5.74) is 0. The Hall–Kier alpha value is -4.99. The molecule has 7 amide bonds. The molecule has 0 spiro atoms. The van der Waals surface area contributed by atoms with Gasteiger partial charge in [-0.1, -0.05) is 0 Å². The zero-order chi connectivity index (χ0) is 77.1. The van der Waals surface area contributed by atoms with Crippen LogP contribution in [0.5, 0.6) is 0 Å². The standard InChI is InChI=1S/C59H115N9O33/c1-60-10-14-97-17-20-99-19-16-96-13-9-46(82)63(3)31-49(85)66(6)36(8-7-12-67(24-37(73)50(86)54(90)41(77)32-69)25-38(74)51(87)55(91)42(78)33-70)58(94)65(5)30-48(84)64(4)29-47(83)62(2)28-45(81)61-11-15-98-18-21-100-22-23-101-59(95)68(26-39(75)52(88)56(92)43(79)34-71)27-40(76)53(89)57(93)44(80)35-72/h36-44,50-57,60,69-80,86-93H,7-35H2,1-6H3,(H,61,81)/t36?,37-,38-,39-,40-,41+,42+,43+,44+,50+,51+,52+,53+,54+,55+,56+,57+/m0/s1. The first kappa shape index (κ1) is 96.0. The SMILES string of the molecule is CNCCOCCOCCOCCC(=O)N(C)CC(=O)N(C)C(CCCN(C[C@H](O)[C@@H](O)[C@H](O)[C@H](O)CO)C[C@H](O)[C@@H](O)[C@H](O)[C@H](O)CO)C(=O)N(C)CC(=O)N(C)CC(=O)N(C)CC(=O)NCCOCCOCCOC(=O)N(C[C@H](O)[C@@H](O)[C@H](O)[C@H](O)CO)C[C@H](O)[C@@H](O)[C@H](O)[C@H](O)CO. The molecule has 0 heterocycles. The Bertz CT molecular complexity index is 2230. The highest BCUT2D eigenvalue weighted by Crippen LogP contribution is 2.17. The Labute approximate surface area is 585 Å². The fourth-order valence-corrected chi connectivity index (χ4v) is 9.07. The number of hydrogen-bond acceptors (Lipinski definition) is 35. The van der Waals surface area contributed by atoms with Gasteiger partial charge in [-0.15, -0.1) is 0 Å². The zero-order valence-electron chi connectivity index (χ0n) is 58.2. The summed E-state index contributed by atoms with van der Waals surface area (Å²) in [5.74, 6) is -4.26. The van der Waals surface area contributed by atoms with Gasteiger partial charge in [-0.2, -0.15) is 0 Å². The molecule has 0 aromatic rings. The number of nitrogens with zero attached hydrogens (tertiary/aromatic N) is 7. The van der Waals surface area contributed by atoms with Gasteiger partial charge in [0.15, 0.2) is 0 Å². The van der Waals surface area contributed by atoms with Crippen LogP contribution in [0.25, 0.3) is 0 Å². The third-order valence-electron chi connectivity index (χ3n) is 15.6. The van der Waals surface area contributed by atoms with E-state index in [0.717, 1.165) is 24.5 Å². The van der Waals surface area contributed by atoms with Gasteiger partial charge >= 0.3 is 6.09 Å². The van der Waals surface area contributed by atoms with Gasteiger partial charge in [-0.05, 0) is 26.4 Å². The summed E-state index contributed by atoms with van der Waals surface area (Å²) in [6, 6.07) is -1.44. The molecule has 0 fully saturated rings. The van der Waals surface area contributed by atoms with Crippen LogP contribution in [0.2, 0.25) is 0 Å². The first-order chi connectivity index (χ1) is 47.6. The molecule has 0 aliphatic rings. The minimum atomic E-state index is -2.16. The summed E-state index contributed by atoms with van der Waals surface area (Å²) in [6.07, 6.45) is -34.3. The van der Waals surface area contributed by atoms with Gasteiger partial charge in [0.2, 0.25) is 35.4 Å². The molecule has 42 heteroatoms. The Morgan fingerprint density at radius 3 is 1.13 bits per heavy atom. The number of ether oxygens (including phenoxy) is 6. The largest absolute Gasteiger partial charge is 0.447 e. The first-order valence-corrected chi connectivity index (χ1v) is 32.6. The van der Waals surface area contributed by atoms with E-state index in [9.17, 15) is 125 Å². The maximum Gasteiger partial charge on any atom is 0.410 e. The van der Waals surface area contributed by atoms with E-state index in [0.29, 0.717) is 31.3 Å². The molecule has 0 aliphatic heterocycles. The molecule has 0 saturated carbocycles. The average Bonchev–Trinajstić information content (AvgIpc) is 0.868. The molecular formula is C59H115N9O33. The fraction of sp³-hybridized carbons (Fsp3) is 0.881. The van der Waals surface area contributed by atoms with Crippen molar-refractivity contribution in [3.05, 3.63) is 0 Å². The molecule has 0 aromatic carbocycles. The molecule has 22 N–H and O–H groups in total. The molecule has 0 bridgehead atoms. The van der Waals surface area contributed by atoms with E-state index in [1.165, 1.54) is 40.1 Å². The van der Waals surface area contributed by atoms with Gasteiger partial charge in [0, 0.05) is 61.4 Å². The van der Waals surface area contributed by atoms with Gasteiger partial charge in [-0.3, -0.25) is 33.7 Å². The lowest BCUT2D eigenvalue weighted by Gasteiger charge is -2.35. The molecule has 0 radical (unpaired) electrons. The van der Waals surface area contributed by atoms with Crippen LogP contribution in [0, 0.1) is 0 Å². The first-order valence-electron chi connectivity index (χ1n) is 32.6. The smallest absolute Gasteiger partial charge is 0.410 e. The normalized spacial score (nSPS) is 16.9. The summed E-state index contributed by atoms with van der Waals surface area (Å²) in [7, 11) is 8.11. The lowest BCUT2D eigenvalue weighted by molar-refractivity contribution is -0.148. The van der Waals surface area contributed by atoms with E-state index in [-0.39, 0.29) is 78.6 Å². The molecule has 594 valence electrons. The second-order valence-electron chi connectivity index (χ2n) is 23.8. The van der Waals surface area contributed by atoms with Gasteiger partial charge in [-0.25, -0.2) is 4.79 Å². The van der Waals surface area contributed by atoms with E-state index in [4.69, 9.17) is 38.6 Å². The number of carbonyl (C=O) groups is 7. The monoisotopic (exact) mass is 1480 g/mol. The van der Waals surface area contributed by atoms with E-state index >= 15 is 0 Å². The second-order valence-corrected chi connectivity index (χ2v) is 23.8. The van der Waals surface area contributed by atoms with Crippen molar-refractivity contribution in [3.63, 3.8) is 0 Å². The number of aliphatic hydroxyl groups excluding tert-OH is 20. The van der Waals surface area contributed by atoms with Gasteiger partial charge in [0.25, 0.3) is 0 Å². The summed E-state index contributed by atoms with van der Waals surface area (Å²) >= 11 is 0. The van der Waals surface area contributed by atoms with Crippen LogP contribution in [-0.4, -0.2) is 495 Å². The van der Waals surface area contributed by atoms with Crippen LogP contribution < -0.4 is 10.6 Å². The quantitative estimate of drug-likeness (QED) is 0.0251. The fourth-order valence-electron chi connectivity index (χ4n) is 9.07. The van der Waals surface area contributed by atoms with E-state index in [2.05, 4.69) is 10.6 Å². The topological polar surface area (TPSA) is 626 Å². The van der Waals surface area contributed by atoms with Crippen LogP contribution in [-0.2, 0) is 57.2 Å². The van der Waals surface area contributed by atoms with Gasteiger partial charge < -0.3 is 171 Å². The molecule has 0 aromatic heterocycles. The summed E-state index contributed by atoms with van der Waals surface area (Å²) < 4.78 is 32.1. The predicted octanol–water partition coefficient (Wildman–Crippen LogP) is -15.3. The van der Waals surface area contributed by atoms with Gasteiger partial charge in [0.1, 0.15) is 98.1 Å². The number of likely N-dealkylation sites (N-methyl/N-ethyl adjacent to an activating group) is 6. The molecule has 0 saturated heterocycles. The Morgan fingerprint density at radius 1 is 0.376 bits per heavy atom. The van der Waals surface area contributed by atoms with Crippen LogP contribution in [0.1, 0.15) is 19.3 Å². The molecule has 101 heavy (non-hydrogen) atoms. The maximum atomic E-state index is 14.4. The maximum absolute atomic E-state index is 14.4. The highest BCUT2D eigenvalue weighted by molar-refractivity contribution is 5.93. The number of amides is 7. The third-order valence-corrected chi connectivity index (χ3v) is 15.6. The van der Waals surface area contributed by atoms with Crippen molar-refractivity contribution in [2.24, 2.45) is 0 Å². The zero-order valence-corrected chi connectivity index (χ0v) is 58.2. The highest BCUT2D eigenvalue weighted by atomic mass is 16.6. The van der Waals surface area contributed by atoms with Crippen LogP contribution in [0.15, 0.2) is 0 Å². The summed E-state index contributed by atoms with van der Waals surface area (Å²) in [4.78, 5) is 101. The minimum Gasteiger partial charge on any atom is -0.447 e. The third kappa shape index (κ3) is 38.0. The van der Waals surface area contributed by atoms with Crippen molar-refractivity contribution < 1.29 is 164 Å². The van der Waals surface area contributed by atoms with Crippen LogP contribution in [0.4, 0.5) is 4.79 Å². The number of rotatable bonds is 59. The number of nitrogens with one attached hydrogen (secondary N) is 2. The molecular weight excluding hydrogens is 1360 g/mol. The molecule has 17 atom stereocenters. The van der Waals surface area contributed by atoms with E-state index in [1.807, 2.05) is 0 Å². The number of carbonyl (C=O) groups excluding carboxylic acids is 7. The minimum absolute atomic E-state index is 0.0279. The summed E-state index contributed by atoms with van der Waals surface area (Å²) in [5, 5.41) is 206. The van der Waals surface area contributed by atoms with E-state index < -0.39 is 231 Å². The molecule has 0 rings (SSSR count).